The van der Waals surface area contributed by atoms with Crippen molar-refractivity contribution in [2.24, 2.45) is 0 Å². The van der Waals surface area contributed by atoms with Crippen LogP contribution in [0.5, 0.6) is 0 Å². The highest BCUT2D eigenvalue weighted by Gasteiger charge is 2.30. The van der Waals surface area contributed by atoms with Crippen molar-refractivity contribution in [3.63, 3.8) is 0 Å². The number of anilines is 1. The van der Waals surface area contributed by atoms with Crippen LogP contribution in [0.15, 0.2) is 24.3 Å². The molecule has 0 aliphatic carbocycles. The fourth-order valence-electron chi connectivity index (χ4n) is 2.02. The van der Waals surface area contributed by atoms with Crippen LogP contribution in [0.25, 0.3) is 0 Å². The van der Waals surface area contributed by atoms with Crippen LogP contribution in [0, 0.1) is 0 Å². The first-order chi connectivity index (χ1) is 8.87. The monoisotopic (exact) mass is 262 g/mol. The molecule has 0 fully saturated rings. The van der Waals surface area contributed by atoms with E-state index in [-0.39, 0.29) is 11.9 Å². The highest BCUT2D eigenvalue weighted by atomic mass is 16.2. The van der Waals surface area contributed by atoms with E-state index in [2.05, 4.69) is 19.2 Å². The van der Waals surface area contributed by atoms with Gasteiger partial charge in [0.25, 0.3) is 0 Å². The number of hydrogen-bond acceptors (Lipinski definition) is 2. The minimum Gasteiger partial charge on any atom is -0.399 e. The summed E-state index contributed by atoms with van der Waals surface area (Å²) < 4.78 is 0. The summed E-state index contributed by atoms with van der Waals surface area (Å²) in [6, 6.07) is 7.74. The van der Waals surface area contributed by atoms with E-state index < -0.39 is 5.41 Å². The lowest BCUT2D eigenvalue weighted by atomic mass is 9.83. The zero-order valence-corrected chi connectivity index (χ0v) is 12.5. The van der Waals surface area contributed by atoms with Gasteiger partial charge in [-0.25, -0.2) is 0 Å². The van der Waals surface area contributed by atoms with Crippen molar-refractivity contribution in [2.75, 3.05) is 5.73 Å². The number of unbranched alkanes of at least 4 members (excludes halogenated alkanes) is 1. The molecule has 0 heterocycles. The number of carbonyl (C=O) groups excluding carboxylic acids is 1. The van der Waals surface area contributed by atoms with Crippen LogP contribution < -0.4 is 11.1 Å². The minimum atomic E-state index is -0.534. The van der Waals surface area contributed by atoms with Gasteiger partial charge in [0.2, 0.25) is 5.91 Å². The third kappa shape index (κ3) is 4.27. The molecule has 0 aliphatic rings. The van der Waals surface area contributed by atoms with Crippen molar-refractivity contribution in [2.45, 2.75) is 58.4 Å². The fourth-order valence-corrected chi connectivity index (χ4v) is 2.02. The summed E-state index contributed by atoms with van der Waals surface area (Å²) in [5, 5.41) is 3.10. The van der Waals surface area contributed by atoms with Crippen LogP contribution in [-0.4, -0.2) is 11.9 Å². The molecule has 0 saturated heterocycles. The number of carbonyl (C=O) groups is 1. The lowest BCUT2D eigenvalue weighted by Crippen LogP contribution is -2.44. The van der Waals surface area contributed by atoms with Gasteiger partial charge in [-0.15, -0.1) is 0 Å². The molecular weight excluding hydrogens is 236 g/mol. The van der Waals surface area contributed by atoms with Crippen LogP contribution >= 0.6 is 0 Å². The van der Waals surface area contributed by atoms with Gasteiger partial charge in [-0.3, -0.25) is 4.79 Å². The van der Waals surface area contributed by atoms with E-state index in [1.807, 2.05) is 38.1 Å². The van der Waals surface area contributed by atoms with Crippen molar-refractivity contribution < 1.29 is 4.79 Å². The summed E-state index contributed by atoms with van der Waals surface area (Å²) >= 11 is 0. The number of nitrogens with one attached hydrogen (secondary N) is 1. The average Bonchev–Trinajstić information content (AvgIpc) is 2.36. The predicted octanol–water partition coefficient (Wildman–Crippen LogP) is 3.24. The zero-order valence-electron chi connectivity index (χ0n) is 12.5. The number of amides is 1. The number of nitrogen functional groups attached to an aromatic ring is 1. The number of hydrogen-bond donors (Lipinski definition) is 2. The fraction of sp³-hybridized carbons (Fsp3) is 0.562. The Morgan fingerprint density at radius 2 is 1.89 bits per heavy atom. The maximum Gasteiger partial charge on any atom is 0.230 e. The van der Waals surface area contributed by atoms with Gasteiger partial charge in [-0.05, 0) is 44.9 Å². The van der Waals surface area contributed by atoms with Crippen molar-refractivity contribution in [1.29, 1.82) is 0 Å². The van der Waals surface area contributed by atoms with Gasteiger partial charge in [0, 0.05) is 11.7 Å². The largest absolute Gasteiger partial charge is 0.399 e. The van der Waals surface area contributed by atoms with Crippen LogP contribution in [0.4, 0.5) is 5.69 Å². The molecule has 0 radical (unpaired) electrons. The first-order valence-electron chi connectivity index (χ1n) is 7.05. The quantitative estimate of drug-likeness (QED) is 0.773. The Morgan fingerprint density at radius 3 is 2.42 bits per heavy atom. The third-order valence-corrected chi connectivity index (χ3v) is 3.57. The molecule has 1 amide bonds. The van der Waals surface area contributed by atoms with E-state index in [0.717, 1.165) is 30.5 Å². The van der Waals surface area contributed by atoms with Crippen molar-refractivity contribution >= 4 is 11.6 Å². The molecule has 0 aliphatic heterocycles. The molecule has 106 valence electrons. The molecule has 0 saturated carbocycles. The number of rotatable bonds is 6. The molecule has 3 N–H and O–H groups in total. The van der Waals surface area contributed by atoms with E-state index in [0.29, 0.717) is 0 Å². The topological polar surface area (TPSA) is 55.1 Å². The van der Waals surface area contributed by atoms with Gasteiger partial charge in [-0.1, -0.05) is 31.9 Å². The molecule has 0 aromatic heterocycles. The van der Waals surface area contributed by atoms with Crippen molar-refractivity contribution in [3.8, 4) is 0 Å². The van der Waals surface area contributed by atoms with Crippen LogP contribution in [0.1, 0.15) is 52.5 Å². The Kier molecular flexibility index (Phi) is 5.40. The first-order valence-corrected chi connectivity index (χ1v) is 7.05. The van der Waals surface area contributed by atoms with E-state index in [1.165, 1.54) is 0 Å². The summed E-state index contributed by atoms with van der Waals surface area (Å²) in [4.78, 5) is 12.4. The second kappa shape index (κ2) is 6.60. The Hall–Kier alpha value is -1.51. The Balaban J connectivity index is 2.71. The lowest BCUT2D eigenvalue weighted by molar-refractivity contribution is -0.126. The van der Waals surface area contributed by atoms with E-state index >= 15 is 0 Å². The number of nitrogens with two attached hydrogens (primary N) is 1. The van der Waals surface area contributed by atoms with Gasteiger partial charge in [-0.2, -0.15) is 0 Å². The Morgan fingerprint density at radius 1 is 1.32 bits per heavy atom. The van der Waals surface area contributed by atoms with Crippen LogP contribution in [0.2, 0.25) is 0 Å². The second-order valence-corrected chi connectivity index (χ2v) is 5.76. The summed E-state index contributed by atoms with van der Waals surface area (Å²) in [6.07, 6.45) is 3.32. The zero-order chi connectivity index (χ0) is 14.5. The summed E-state index contributed by atoms with van der Waals surface area (Å²) in [5.41, 5.74) is 6.85. The predicted molar refractivity (Wildman–Crippen MR) is 81.0 cm³/mol. The molecule has 1 atom stereocenters. The van der Waals surface area contributed by atoms with Gasteiger partial charge < -0.3 is 11.1 Å². The van der Waals surface area contributed by atoms with E-state index in [9.17, 15) is 4.79 Å². The van der Waals surface area contributed by atoms with Crippen LogP contribution in [-0.2, 0) is 10.2 Å². The molecule has 0 bridgehead atoms. The smallest absolute Gasteiger partial charge is 0.230 e. The summed E-state index contributed by atoms with van der Waals surface area (Å²) in [5.74, 6) is 0.0703. The molecule has 3 nitrogen and oxygen atoms in total. The second-order valence-electron chi connectivity index (χ2n) is 5.76. The van der Waals surface area contributed by atoms with Gasteiger partial charge in [0.15, 0.2) is 0 Å². The molecule has 0 spiro atoms. The van der Waals surface area contributed by atoms with Gasteiger partial charge in [0.05, 0.1) is 5.41 Å². The van der Waals surface area contributed by atoms with Gasteiger partial charge in [0.1, 0.15) is 0 Å². The lowest BCUT2D eigenvalue weighted by Gasteiger charge is -2.26. The highest BCUT2D eigenvalue weighted by molar-refractivity contribution is 5.87. The maximum absolute atomic E-state index is 12.4. The first kappa shape index (κ1) is 15.5. The van der Waals surface area contributed by atoms with Crippen LogP contribution in [0.3, 0.4) is 0 Å². The van der Waals surface area contributed by atoms with Crippen molar-refractivity contribution in [1.82, 2.24) is 5.32 Å². The molecule has 1 unspecified atom stereocenters. The van der Waals surface area contributed by atoms with E-state index in [4.69, 9.17) is 5.73 Å². The molecule has 1 aromatic rings. The molecule has 3 heteroatoms. The highest BCUT2D eigenvalue weighted by Crippen LogP contribution is 2.24. The Labute approximate surface area is 116 Å². The molecule has 1 rings (SSSR count). The maximum atomic E-state index is 12.4. The molecule has 1 aromatic carbocycles. The molecular formula is C16H26N2O. The normalized spacial score (nSPS) is 13.1. The van der Waals surface area contributed by atoms with Crippen molar-refractivity contribution in [3.05, 3.63) is 29.8 Å². The third-order valence-electron chi connectivity index (χ3n) is 3.57. The Bertz CT molecular complexity index is 409. The summed E-state index contributed by atoms with van der Waals surface area (Å²) in [6.45, 7) is 8.11. The standard InChI is InChI=1S/C16H26N2O/c1-5-6-7-12(2)18-15(19)16(3,4)13-8-10-14(17)11-9-13/h8-12H,5-7,17H2,1-4H3,(H,18,19). The minimum absolute atomic E-state index is 0.0703. The van der Waals surface area contributed by atoms with Gasteiger partial charge >= 0.3 is 0 Å². The number of benzene rings is 1. The van der Waals surface area contributed by atoms with E-state index in [1.54, 1.807) is 0 Å². The summed E-state index contributed by atoms with van der Waals surface area (Å²) in [7, 11) is 0. The average molecular weight is 262 g/mol. The molecule has 19 heavy (non-hydrogen) atoms. The SMILES string of the molecule is CCCCC(C)NC(=O)C(C)(C)c1ccc(N)cc1.